The Balaban J connectivity index is 1.67. The molecule has 0 spiro atoms. The van der Waals surface area contributed by atoms with Gasteiger partial charge in [0.2, 0.25) is 0 Å². The Bertz CT molecular complexity index is 791. The summed E-state index contributed by atoms with van der Waals surface area (Å²) in [6.45, 7) is 6.83. The third kappa shape index (κ3) is 4.47. The summed E-state index contributed by atoms with van der Waals surface area (Å²) in [7, 11) is 0. The minimum atomic E-state index is -0.526. The Morgan fingerprint density at radius 1 is 1.31 bits per heavy atom. The molecule has 2 aromatic rings. The highest BCUT2D eigenvalue weighted by Gasteiger charge is 2.27. The summed E-state index contributed by atoms with van der Waals surface area (Å²) in [5.74, 6) is 0.337. The second kappa shape index (κ2) is 7.27. The zero-order valence-corrected chi connectivity index (χ0v) is 15.2. The number of carbonyl (C=O) groups excluding carboxylic acids is 1. The molecule has 3 rings (SSSR count). The summed E-state index contributed by atoms with van der Waals surface area (Å²) in [6.07, 6.45) is 3.56. The Kier molecular flexibility index (Phi) is 5.06. The summed E-state index contributed by atoms with van der Waals surface area (Å²) in [5, 5.41) is 2.88. The van der Waals surface area contributed by atoms with Crippen LogP contribution in [-0.4, -0.2) is 40.8 Å². The van der Waals surface area contributed by atoms with E-state index < -0.39 is 11.7 Å². The van der Waals surface area contributed by atoms with Crippen LogP contribution in [0.5, 0.6) is 0 Å². The summed E-state index contributed by atoms with van der Waals surface area (Å²) >= 11 is 0. The van der Waals surface area contributed by atoms with E-state index >= 15 is 0 Å². The molecule has 26 heavy (non-hydrogen) atoms. The number of nitrogens with zero attached hydrogens (tertiary/aromatic N) is 3. The van der Waals surface area contributed by atoms with Crippen LogP contribution in [0.4, 0.5) is 15.0 Å². The van der Waals surface area contributed by atoms with Gasteiger partial charge >= 0.3 is 6.09 Å². The van der Waals surface area contributed by atoms with Crippen LogP contribution < -0.4 is 10.2 Å². The second-order valence-corrected chi connectivity index (χ2v) is 7.32. The lowest BCUT2D eigenvalue weighted by Gasteiger charge is -2.22. The number of carbonyl (C=O) groups is 1. The fourth-order valence-electron chi connectivity index (χ4n) is 2.87. The van der Waals surface area contributed by atoms with Crippen LogP contribution >= 0.6 is 0 Å². The van der Waals surface area contributed by atoms with Gasteiger partial charge in [-0.3, -0.25) is 4.98 Å². The maximum Gasteiger partial charge on any atom is 0.407 e. The molecule has 1 aromatic carbocycles. The highest BCUT2D eigenvalue weighted by atomic mass is 19.1. The molecule has 1 fully saturated rings. The average molecular weight is 358 g/mol. The van der Waals surface area contributed by atoms with Crippen LogP contribution in [0.3, 0.4) is 0 Å². The van der Waals surface area contributed by atoms with Gasteiger partial charge in [0.1, 0.15) is 17.2 Å². The Morgan fingerprint density at radius 3 is 2.81 bits per heavy atom. The molecule has 1 amide bonds. The van der Waals surface area contributed by atoms with Gasteiger partial charge in [-0.1, -0.05) is 12.1 Å². The van der Waals surface area contributed by atoms with Crippen LogP contribution in [-0.2, 0) is 4.74 Å². The van der Waals surface area contributed by atoms with E-state index in [1.165, 1.54) is 6.07 Å². The summed E-state index contributed by atoms with van der Waals surface area (Å²) < 4.78 is 19.3. The SMILES string of the molecule is CC(C)(C)OC(=O)NC1CCN(c2cncc(-c3ccccc3F)n2)C1. The quantitative estimate of drug-likeness (QED) is 0.911. The van der Waals surface area contributed by atoms with Crippen molar-refractivity contribution in [3.63, 3.8) is 0 Å². The van der Waals surface area contributed by atoms with Crippen LogP contribution in [0.2, 0.25) is 0 Å². The lowest BCUT2D eigenvalue weighted by molar-refractivity contribution is 0.0509. The van der Waals surface area contributed by atoms with Crippen molar-refractivity contribution < 1.29 is 13.9 Å². The largest absolute Gasteiger partial charge is 0.444 e. The van der Waals surface area contributed by atoms with Crippen molar-refractivity contribution in [2.45, 2.75) is 38.8 Å². The van der Waals surface area contributed by atoms with Gasteiger partial charge in [0.15, 0.2) is 0 Å². The zero-order valence-electron chi connectivity index (χ0n) is 15.2. The van der Waals surface area contributed by atoms with E-state index in [0.717, 1.165) is 13.0 Å². The molecule has 1 aromatic heterocycles. The van der Waals surface area contributed by atoms with E-state index in [1.807, 2.05) is 25.7 Å². The highest BCUT2D eigenvalue weighted by molar-refractivity contribution is 5.68. The van der Waals surface area contributed by atoms with Gasteiger partial charge in [-0.25, -0.2) is 14.2 Å². The normalized spacial score (nSPS) is 17.2. The molecule has 0 radical (unpaired) electrons. The predicted octanol–water partition coefficient (Wildman–Crippen LogP) is 3.39. The number of amides is 1. The number of rotatable bonds is 3. The molecule has 1 N–H and O–H groups in total. The van der Waals surface area contributed by atoms with Gasteiger partial charge in [0.25, 0.3) is 0 Å². The Hall–Kier alpha value is -2.70. The molecule has 0 aliphatic carbocycles. The van der Waals surface area contributed by atoms with E-state index in [1.54, 1.807) is 30.6 Å². The van der Waals surface area contributed by atoms with E-state index in [9.17, 15) is 9.18 Å². The van der Waals surface area contributed by atoms with E-state index in [2.05, 4.69) is 15.3 Å². The smallest absolute Gasteiger partial charge is 0.407 e. The number of aromatic nitrogens is 2. The molecule has 7 heteroatoms. The van der Waals surface area contributed by atoms with Crippen LogP contribution in [0.1, 0.15) is 27.2 Å². The minimum Gasteiger partial charge on any atom is -0.444 e. The lowest BCUT2D eigenvalue weighted by atomic mass is 10.1. The van der Waals surface area contributed by atoms with Crippen molar-refractivity contribution in [1.29, 1.82) is 0 Å². The number of ether oxygens (including phenoxy) is 1. The van der Waals surface area contributed by atoms with E-state index in [4.69, 9.17) is 4.74 Å². The number of benzene rings is 1. The zero-order chi connectivity index (χ0) is 18.7. The molecular weight excluding hydrogens is 335 g/mol. The standard InChI is InChI=1S/C19H23FN4O2/c1-19(2,3)26-18(25)22-13-8-9-24(12-13)17-11-21-10-16(23-17)14-6-4-5-7-15(14)20/h4-7,10-11,13H,8-9,12H2,1-3H3,(H,22,25). The molecule has 6 nitrogen and oxygen atoms in total. The van der Waals surface area contributed by atoms with Crippen molar-refractivity contribution in [2.24, 2.45) is 0 Å². The molecule has 0 bridgehead atoms. The van der Waals surface area contributed by atoms with Crippen LogP contribution in [0.15, 0.2) is 36.7 Å². The van der Waals surface area contributed by atoms with Crippen molar-refractivity contribution in [1.82, 2.24) is 15.3 Å². The molecular formula is C19H23FN4O2. The van der Waals surface area contributed by atoms with Crippen molar-refractivity contribution in [3.8, 4) is 11.3 Å². The van der Waals surface area contributed by atoms with Crippen LogP contribution in [0, 0.1) is 5.82 Å². The van der Waals surface area contributed by atoms with Gasteiger partial charge in [-0.2, -0.15) is 0 Å². The molecule has 138 valence electrons. The van der Waals surface area contributed by atoms with Crippen LogP contribution in [0.25, 0.3) is 11.3 Å². The van der Waals surface area contributed by atoms with Crippen molar-refractivity contribution in [2.75, 3.05) is 18.0 Å². The monoisotopic (exact) mass is 358 g/mol. The minimum absolute atomic E-state index is 0.0243. The summed E-state index contributed by atoms with van der Waals surface area (Å²) in [6, 6.07) is 6.47. The predicted molar refractivity (Wildman–Crippen MR) is 97.4 cm³/mol. The number of anilines is 1. The topological polar surface area (TPSA) is 67.3 Å². The molecule has 1 aliphatic rings. The second-order valence-electron chi connectivity index (χ2n) is 7.32. The molecule has 1 aliphatic heterocycles. The summed E-state index contributed by atoms with van der Waals surface area (Å²) in [4.78, 5) is 22.7. The van der Waals surface area contributed by atoms with Gasteiger partial charge in [-0.05, 0) is 39.3 Å². The van der Waals surface area contributed by atoms with Crippen molar-refractivity contribution >= 4 is 11.9 Å². The number of nitrogens with one attached hydrogen (secondary N) is 1. The van der Waals surface area contributed by atoms with Gasteiger partial charge < -0.3 is 15.0 Å². The summed E-state index contributed by atoms with van der Waals surface area (Å²) in [5.41, 5.74) is 0.385. The first-order valence-electron chi connectivity index (χ1n) is 8.63. The first-order chi connectivity index (χ1) is 12.3. The Labute approximate surface area is 152 Å². The molecule has 0 saturated carbocycles. The first-order valence-corrected chi connectivity index (χ1v) is 8.63. The number of halogens is 1. The maximum absolute atomic E-state index is 14.0. The number of hydrogen-bond donors (Lipinski definition) is 1. The first kappa shape index (κ1) is 18.1. The fraction of sp³-hybridized carbons (Fsp3) is 0.421. The maximum atomic E-state index is 14.0. The Morgan fingerprint density at radius 2 is 2.08 bits per heavy atom. The number of hydrogen-bond acceptors (Lipinski definition) is 5. The van der Waals surface area contributed by atoms with Gasteiger partial charge in [-0.15, -0.1) is 0 Å². The third-order valence-corrected chi connectivity index (χ3v) is 4.00. The molecule has 1 unspecified atom stereocenters. The van der Waals surface area contributed by atoms with E-state index in [-0.39, 0.29) is 11.9 Å². The number of alkyl carbamates (subject to hydrolysis) is 1. The van der Waals surface area contributed by atoms with Crippen molar-refractivity contribution in [3.05, 3.63) is 42.5 Å². The molecule has 1 atom stereocenters. The average Bonchev–Trinajstić information content (AvgIpc) is 3.02. The third-order valence-electron chi connectivity index (χ3n) is 4.00. The highest BCUT2D eigenvalue weighted by Crippen LogP contribution is 2.24. The van der Waals surface area contributed by atoms with Gasteiger partial charge in [0.05, 0.1) is 24.1 Å². The fourth-order valence-corrected chi connectivity index (χ4v) is 2.87. The molecule has 1 saturated heterocycles. The van der Waals surface area contributed by atoms with Gasteiger partial charge in [0, 0.05) is 18.7 Å². The molecule has 2 heterocycles. The lowest BCUT2D eigenvalue weighted by Crippen LogP contribution is -2.40. The van der Waals surface area contributed by atoms with E-state index in [0.29, 0.717) is 23.6 Å².